The number of benzene rings is 2. The van der Waals surface area contributed by atoms with Crippen molar-refractivity contribution in [2.45, 2.75) is 59.0 Å². The summed E-state index contributed by atoms with van der Waals surface area (Å²) in [6, 6.07) is 16.9. The molecule has 0 fully saturated rings. The highest BCUT2D eigenvalue weighted by atomic mass is 32.1. The van der Waals surface area contributed by atoms with E-state index in [1.807, 2.05) is 24.3 Å². The molecule has 1 atom stereocenters. The van der Waals surface area contributed by atoms with E-state index in [0.29, 0.717) is 25.6 Å². The van der Waals surface area contributed by atoms with Crippen LogP contribution in [0.25, 0.3) is 0 Å². The first-order chi connectivity index (χ1) is 15.0. The lowest BCUT2D eigenvalue weighted by Gasteiger charge is -2.17. The maximum absolute atomic E-state index is 11.3. The van der Waals surface area contributed by atoms with E-state index >= 15 is 0 Å². The van der Waals surface area contributed by atoms with E-state index in [4.69, 9.17) is 9.47 Å². The van der Waals surface area contributed by atoms with Gasteiger partial charge in [-0.2, -0.15) is 11.3 Å². The van der Waals surface area contributed by atoms with Crippen molar-refractivity contribution in [2.75, 3.05) is 6.61 Å². The molecule has 1 aromatic heterocycles. The van der Waals surface area contributed by atoms with Gasteiger partial charge >= 0.3 is 5.97 Å². The van der Waals surface area contributed by atoms with Crippen LogP contribution in [0.4, 0.5) is 0 Å². The number of carbonyl (C=O) groups is 1. The van der Waals surface area contributed by atoms with E-state index in [0.717, 1.165) is 30.6 Å². The van der Waals surface area contributed by atoms with Crippen LogP contribution in [0.5, 0.6) is 5.75 Å². The van der Waals surface area contributed by atoms with E-state index in [2.05, 4.69) is 48.9 Å². The largest absolute Gasteiger partial charge is 0.494 e. The number of aryl methyl sites for hydroxylation is 2. The van der Waals surface area contributed by atoms with Crippen LogP contribution in [0.2, 0.25) is 0 Å². The molecule has 1 heterocycles. The molecule has 3 rings (SSSR count). The molecule has 0 spiro atoms. The minimum Gasteiger partial charge on any atom is -0.494 e. The van der Waals surface area contributed by atoms with Crippen molar-refractivity contribution in [1.82, 2.24) is 0 Å². The summed E-state index contributed by atoms with van der Waals surface area (Å²) in [5.41, 5.74) is 6.51. The Labute approximate surface area is 190 Å². The van der Waals surface area contributed by atoms with Crippen LogP contribution >= 0.6 is 11.3 Å². The third kappa shape index (κ3) is 7.25. The van der Waals surface area contributed by atoms with Gasteiger partial charge in [0.15, 0.2) is 0 Å². The second-order valence-electron chi connectivity index (χ2n) is 8.03. The molecule has 2 aromatic carbocycles. The predicted octanol–water partition coefficient (Wildman–Crippen LogP) is 7.00. The summed E-state index contributed by atoms with van der Waals surface area (Å²) in [5, 5.41) is 4.44. The van der Waals surface area contributed by atoms with Gasteiger partial charge in [0.05, 0.1) is 6.61 Å². The van der Waals surface area contributed by atoms with Gasteiger partial charge in [-0.05, 0) is 95.8 Å². The van der Waals surface area contributed by atoms with Crippen LogP contribution in [0.15, 0.2) is 59.3 Å². The molecule has 0 radical (unpaired) electrons. The fraction of sp³-hybridized carbons (Fsp3) is 0.370. The third-order valence-corrected chi connectivity index (χ3v) is 6.35. The molecule has 4 heteroatoms. The average molecular weight is 437 g/mol. The molecule has 3 aromatic rings. The van der Waals surface area contributed by atoms with Crippen molar-refractivity contribution in [3.8, 4) is 5.75 Å². The third-order valence-electron chi connectivity index (χ3n) is 5.65. The van der Waals surface area contributed by atoms with Crippen molar-refractivity contribution in [2.24, 2.45) is 0 Å². The topological polar surface area (TPSA) is 35.5 Å². The smallest absolute Gasteiger partial charge is 0.305 e. The molecule has 0 bridgehead atoms. The zero-order chi connectivity index (χ0) is 22.1. The Bertz CT molecular complexity index is 945. The van der Waals surface area contributed by atoms with E-state index in [-0.39, 0.29) is 5.97 Å². The Kier molecular flexibility index (Phi) is 8.72. The number of thiophene rings is 1. The Morgan fingerprint density at radius 3 is 2.45 bits per heavy atom. The molecule has 164 valence electrons. The summed E-state index contributed by atoms with van der Waals surface area (Å²) in [4.78, 5) is 11.3. The fourth-order valence-electron chi connectivity index (χ4n) is 3.58. The van der Waals surface area contributed by atoms with Crippen LogP contribution < -0.4 is 4.74 Å². The lowest BCUT2D eigenvalue weighted by Crippen LogP contribution is -2.06. The van der Waals surface area contributed by atoms with E-state index in [1.54, 1.807) is 18.3 Å². The number of rotatable bonds is 11. The second-order valence-corrected chi connectivity index (χ2v) is 8.81. The summed E-state index contributed by atoms with van der Waals surface area (Å²) in [6.45, 7) is 7.15. The molecular weight excluding hydrogens is 404 g/mol. The SMILES string of the molecule is CCC(=O)OCc1ccc(OCCCC(Cc2ccc(C)c(C)c2)c2ccsc2)cc1. The minimum atomic E-state index is -0.179. The zero-order valence-electron chi connectivity index (χ0n) is 18.7. The quantitative estimate of drug-likeness (QED) is 0.240. The maximum Gasteiger partial charge on any atom is 0.305 e. The van der Waals surface area contributed by atoms with Crippen LogP contribution in [0, 0.1) is 13.8 Å². The highest BCUT2D eigenvalue weighted by Crippen LogP contribution is 2.28. The first-order valence-corrected chi connectivity index (χ1v) is 11.9. The zero-order valence-corrected chi connectivity index (χ0v) is 19.5. The van der Waals surface area contributed by atoms with Gasteiger partial charge in [0, 0.05) is 6.42 Å². The Balaban J connectivity index is 1.49. The first-order valence-electron chi connectivity index (χ1n) is 11.0. The molecule has 0 aliphatic carbocycles. The van der Waals surface area contributed by atoms with Crippen LogP contribution in [0.3, 0.4) is 0 Å². The molecule has 0 saturated carbocycles. The van der Waals surface area contributed by atoms with Gasteiger partial charge < -0.3 is 9.47 Å². The summed E-state index contributed by atoms with van der Waals surface area (Å²) >= 11 is 1.77. The number of hydrogen-bond donors (Lipinski definition) is 0. The minimum absolute atomic E-state index is 0.179. The van der Waals surface area contributed by atoms with Gasteiger partial charge in [-0.15, -0.1) is 0 Å². The summed E-state index contributed by atoms with van der Waals surface area (Å²) in [6.07, 6.45) is 3.55. The van der Waals surface area contributed by atoms with Gasteiger partial charge in [0.1, 0.15) is 12.4 Å². The molecule has 0 N–H and O–H groups in total. The summed E-state index contributed by atoms with van der Waals surface area (Å²) < 4.78 is 11.1. The summed E-state index contributed by atoms with van der Waals surface area (Å²) in [5.74, 6) is 1.18. The number of hydrogen-bond acceptors (Lipinski definition) is 4. The standard InChI is InChI=1S/C27H32O3S/c1-4-27(28)30-18-22-9-11-26(12-10-22)29-14-5-6-24(25-13-15-31-19-25)17-23-8-7-20(2)21(3)16-23/h7-13,15-16,19,24H,4-6,14,17-18H2,1-3H3. The van der Waals surface area contributed by atoms with Crippen molar-refractivity contribution in [1.29, 1.82) is 0 Å². The molecule has 31 heavy (non-hydrogen) atoms. The van der Waals surface area contributed by atoms with Crippen LogP contribution in [0.1, 0.15) is 59.9 Å². The Hall–Kier alpha value is -2.59. The lowest BCUT2D eigenvalue weighted by molar-refractivity contribution is -0.144. The van der Waals surface area contributed by atoms with E-state index in [1.165, 1.54) is 22.3 Å². The first kappa shape index (κ1) is 23.1. The fourth-order valence-corrected chi connectivity index (χ4v) is 4.32. The molecular formula is C27H32O3S. The molecule has 0 aliphatic heterocycles. The molecule has 1 unspecified atom stereocenters. The van der Waals surface area contributed by atoms with Gasteiger partial charge in [-0.25, -0.2) is 0 Å². The summed E-state index contributed by atoms with van der Waals surface area (Å²) in [7, 11) is 0. The molecule has 3 nitrogen and oxygen atoms in total. The molecule has 0 saturated heterocycles. The average Bonchev–Trinajstić information content (AvgIpc) is 3.32. The van der Waals surface area contributed by atoms with Crippen LogP contribution in [-0.4, -0.2) is 12.6 Å². The maximum atomic E-state index is 11.3. The molecule has 0 amide bonds. The second kappa shape index (κ2) is 11.7. The van der Waals surface area contributed by atoms with Gasteiger partial charge in [-0.3, -0.25) is 4.79 Å². The van der Waals surface area contributed by atoms with Gasteiger partial charge in [0.25, 0.3) is 0 Å². The number of ether oxygens (including phenoxy) is 2. The van der Waals surface area contributed by atoms with Crippen molar-refractivity contribution >= 4 is 17.3 Å². The van der Waals surface area contributed by atoms with Crippen molar-refractivity contribution in [3.63, 3.8) is 0 Å². The monoisotopic (exact) mass is 436 g/mol. The van der Waals surface area contributed by atoms with Crippen LogP contribution in [-0.2, 0) is 22.6 Å². The van der Waals surface area contributed by atoms with Gasteiger partial charge in [0.2, 0.25) is 0 Å². The number of carbonyl (C=O) groups excluding carboxylic acids is 1. The van der Waals surface area contributed by atoms with E-state index in [9.17, 15) is 4.79 Å². The van der Waals surface area contributed by atoms with Crippen molar-refractivity contribution in [3.05, 3.63) is 87.1 Å². The lowest BCUT2D eigenvalue weighted by atomic mass is 9.89. The highest BCUT2D eigenvalue weighted by molar-refractivity contribution is 7.07. The van der Waals surface area contributed by atoms with E-state index < -0.39 is 0 Å². The van der Waals surface area contributed by atoms with Crippen molar-refractivity contribution < 1.29 is 14.3 Å². The predicted molar refractivity (Wildman–Crippen MR) is 128 cm³/mol. The highest BCUT2D eigenvalue weighted by Gasteiger charge is 2.14. The van der Waals surface area contributed by atoms with Gasteiger partial charge in [-0.1, -0.05) is 37.3 Å². The Morgan fingerprint density at radius 1 is 1.00 bits per heavy atom. The normalized spacial score (nSPS) is 11.8. The number of esters is 1. The molecule has 0 aliphatic rings. The Morgan fingerprint density at radius 2 is 1.77 bits per heavy atom.